The van der Waals surface area contributed by atoms with Gasteiger partial charge in [-0.1, -0.05) is 12.1 Å². The van der Waals surface area contributed by atoms with Gasteiger partial charge in [-0.05, 0) is 36.8 Å². The number of nitrogens with zero attached hydrogens (tertiary/aromatic N) is 3. The van der Waals surface area contributed by atoms with Crippen LogP contribution in [0.4, 0.5) is 11.5 Å². The molecule has 3 rings (SSSR count). The molecular formula is C17H21N5. The topological polar surface area (TPSA) is 69.2 Å². The summed E-state index contributed by atoms with van der Waals surface area (Å²) >= 11 is 0. The van der Waals surface area contributed by atoms with Crippen molar-refractivity contribution in [3.63, 3.8) is 0 Å². The van der Waals surface area contributed by atoms with Crippen molar-refractivity contribution >= 4 is 17.3 Å². The first-order valence-electron chi connectivity index (χ1n) is 7.50. The molecule has 3 N–H and O–H groups in total. The molecular weight excluding hydrogens is 274 g/mol. The Morgan fingerprint density at radius 1 is 1.09 bits per heavy atom. The van der Waals surface area contributed by atoms with Crippen LogP contribution in [0.15, 0.2) is 42.6 Å². The Morgan fingerprint density at radius 3 is 2.50 bits per heavy atom. The van der Waals surface area contributed by atoms with Crippen molar-refractivity contribution in [2.75, 3.05) is 36.0 Å². The fraction of sp³-hybridized carbons (Fsp3) is 0.294. The maximum absolute atomic E-state index is 7.53. The number of nitrogens with one attached hydrogen (secondary N) is 1. The average molecular weight is 295 g/mol. The highest BCUT2D eigenvalue weighted by Crippen LogP contribution is 2.20. The molecule has 0 amide bonds. The molecule has 1 saturated heterocycles. The second-order valence-electron chi connectivity index (χ2n) is 5.63. The molecule has 2 heterocycles. The van der Waals surface area contributed by atoms with Crippen LogP contribution < -0.4 is 15.5 Å². The van der Waals surface area contributed by atoms with Crippen molar-refractivity contribution < 1.29 is 0 Å². The van der Waals surface area contributed by atoms with E-state index >= 15 is 0 Å². The van der Waals surface area contributed by atoms with Crippen LogP contribution in [0.3, 0.4) is 0 Å². The molecule has 1 aliphatic rings. The second-order valence-corrected chi connectivity index (χ2v) is 5.63. The normalized spacial score (nSPS) is 15.0. The zero-order chi connectivity index (χ0) is 15.5. The van der Waals surface area contributed by atoms with Crippen LogP contribution in [0.5, 0.6) is 0 Å². The summed E-state index contributed by atoms with van der Waals surface area (Å²) in [4.78, 5) is 9.06. The van der Waals surface area contributed by atoms with E-state index in [1.54, 1.807) is 12.3 Å². The summed E-state index contributed by atoms with van der Waals surface area (Å²) < 4.78 is 0. The molecule has 5 heteroatoms. The molecule has 1 aromatic heterocycles. The molecule has 0 aliphatic carbocycles. The smallest absolute Gasteiger partial charge is 0.129 e. The van der Waals surface area contributed by atoms with Crippen LogP contribution in [0.1, 0.15) is 11.1 Å². The molecule has 0 bridgehead atoms. The fourth-order valence-electron chi connectivity index (χ4n) is 2.78. The highest BCUT2D eigenvalue weighted by Gasteiger charge is 2.18. The molecule has 1 aliphatic heterocycles. The monoisotopic (exact) mass is 295 g/mol. The van der Waals surface area contributed by atoms with Gasteiger partial charge in [-0.3, -0.25) is 5.41 Å². The Balaban J connectivity index is 1.69. The number of rotatable bonds is 3. The van der Waals surface area contributed by atoms with Crippen molar-refractivity contribution in [2.24, 2.45) is 5.73 Å². The van der Waals surface area contributed by atoms with Gasteiger partial charge in [0.2, 0.25) is 0 Å². The molecule has 0 saturated carbocycles. The maximum atomic E-state index is 7.53. The molecule has 0 atom stereocenters. The first kappa shape index (κ1) is 14.4. The van der Waals surface area contributed by atoms with E-state index in [1.165, 1.54) is 11.3 Å². The van der Waals surface area contributed by atoms with Gasteiger partial charge in [-0.15, -0.1) is 0 Å². The number of hydrogen-bond donors (Lipinski definition) is 2. The van der Waals surface area contributed by atoms with Crippen LogP contribution in [0.2, 0.25) is 0 Å². The van der Waals surface area contributed by atoms with Crippen molar-refractivity contribution in [1.29, 1.82) is 5.41 Å². The van der Waals surface area contributed by atoms with E-state index in [0.29, 0.717) is 0 Å². The minimum atomic E-state index is 0.0852. The van der Waals surface area contributed by atoms with E-state index in [1.807, 2.05) is 6.07 Å². The van der Waals surface area contributed by atoms with E-state index in [9.17, 15) is 0 Å². The lowest BCUT2D eigenvalue weighted by atomic mass is 10.2. The van der Waals surface area contributed by atoms with Crippen molar-refractivity contribution in [1.82, 2.24) is 4.98 Å². The highest BCUT2D eigenvalue weighted by molar-refractivity contribution is 5.95. The van der Waals surface area contributed by atoms with E-state index in [-0.39, 0.29) is 5.84 Å². The lowest BCUT2D eigenvalue weighted by Gasteiger charge is -2.37. The van der Waals surface area contributed by atoms with Crippen LogP contribution in [-0.4, -0.2) is 37.0 Å². The first-order valence-corrected chi connectivity index (χ1v) is 7.50. The van der Waals surface area contributed by atoms with Crippen molar-refractivity contribution in [3.05, 3.63) is 53.7 Å². The number of nitrogen functional groups attached to an aromatic ring is 1. The summed E-state index contributed by atoms with van der Waals surface area (Å²) in [5.41, 5.74) is 8.85. The van der Waals surface area contributed by atoms with Gasteiger partial charge >= 0.3 is 0 Å². The number of aromatic nitrogens is 1. The third kappa shape index (κ3) is 3.03. The Morgan fingerprint density at radius 2 is 1.82 bits per heavy atom. The largest absolute Gasteiger partial charge is 0.384 e. The molecule has 0 spiro atoms. The standard InChI is InChI=1S/C17H21N5/c1-13-3-2-4-15(11-13)21-7-9-22(10-8-21)16-12-14(17(18)19)5-6-20-16/h2-6,11-12H,7-10H2,1H3,(H3,18,19). The number of piperazine rings is 1. The average Bonchev–Trinajstić information content (AvgIpc) is 2.55. The third-order valence-corrected chi connectivity index (χ3v) is 4.03. The van der Waals surface area contributed by atoms with Crippen LogP contribution in [0, 0.1) is 12.3 Å². The molecule has 1 fully saturated rings. The number of nitrogens with two attached hydrogens (primary N) is 1. The SMILES string of the molecule is Cc1cccc(N2CCN(c3cc(C(=N)N)ccn3)CC2)c1. The van der Waals surface area contributed by atoms with Crippen LogP contribution in [0.25, 0.3) is 0 Å². The summed E-state index contributed by atoms with van der Waals surface area (Å²) in [7, 11) is 0. The molecule has 2 aromatic rings. The Kier molecular flexibility index (Phi) is 3.96. The number of hydrogen-bond acceptors (Lipinski definition) is 4. The number of benzene rings is 1. The lowest BCUT2D eigenvalue weighted by molar-refractivity contribution is 0.647. The maximum Gasteiger partial charge on any atom is 0.129 e. The Bertz CT molecular complexity index is 674. The minimum Gasteiger partial charge on any atom is -0.384 e. The number of anilines is 2. The van der Waals surface area contributed by atoms with Gasteiger partial charge in [0.05, 0.1) is 0 Å². The second kappa shape index (κ2) is 6.05. The summed E-state index contributed by atoms with van der Waals surface area (Å²) in [6.07, 6.45) is 1.72. The number of amidine groups is 1. The molecule has 22 heavy (non-hydrogen) atoms. The van der Waals surface area contributed by atoms with E-state index in [0.717, 1.165) is 37.6 Å². The predicted octanol–water partition coefficient (Wildman–Crippen LogP) is 2.00. The van der Waals surface area contributed by atoms with Gasteiger partial charge in [-0.25, -0.2) is 4.98 Å². The molecule has 1 aromatic carbocycles. The Labute approximate surface area is 130 Å². The highest BCUT2D eigenvalue weighted by atomic mass is 15.3. The van der Waals surface area contributed by atoms with Gasteiger partial charge in [0.15, 0.2) is 0 Å². The summed E-state index contributed by atoms with van der Waals surface area (Å²) in [6.45, 7) is 5.90. The van der Waals surface area contributed by atoms with Gasteiger partial charge in [0.1, 0.15) is 11.7 Å². The minimum absolute atomic E-state index is 0.0852. The predicted molar refractivity (Wildman–Crippen MR) is 90.9 cm³/mol. The number of aryl methyl sites for hydroxylation is 1. The van der Waals surface area contributed by atoms with E-state index in [2.05, 4.69) is 46.0 Å². The summed E-state index contributed by atoms with van der Waals surface area (Å²) in [5.74, 6) is 0.985. The third-order valence-electron chi connectivity index (χ3n) is 4.03. The molecule has 5 nitrogen and oxygen atoms in total. The summed E-state index contributed by atoms with van der Waals surface area (Å²) in [5, 5.41) is 7.53. The molecule has 0 unspecified atom stereocenters. The van der Waals surface area contributed by atoms with Gasteiger partial charge in [0, 0.05) is 43.6 Å². The Hall–Kier alpha value is -2.56. The van der Waals surface area contributed by atoms with Gasteiger partial charge < -0.3 is 15.5 Å². The lowest BCUT2D eigenvalue weighted by Crippen LogP contribution is -2.46. The van der Waals surface area contributed by atoms with E-state index in [4.69, 9.17) is 11.1 Å². The van der Waals surface area contributed by atoms with Crippen molar-refractivity contribution in [2.45, 2.75) is 6.92 Å². The van der Waals surface area contributed by atoms with E-state index < -0.39 is 0 Å². The van der Waals surface area contributed by atoms with Crippen LogP contribution in [-0.2, 0) is 0 Å². The fourth-order valence-corrected chi connectivity index (χ4v) is 2.78. The molecule has 114 valence electrons. The molecule has 0 radical (unpaired) electrons. The zero-order valence-corrected chi connectivity index (χ0v) is 12.8. The first-order chi connectivity index (χ1) is 10.6. The van der Waals surface area contributed by atoms with Crippen molar-refractivity contribution in [3.8, 4) is 0 Å². The van der Waals surface area contributed by atoms with Crippen LogP contribution >= 0.6 is 0 Å². The van der Waals surface area contributed by atoms with Gasteiger partial charge in [0.25, 0.3) is 0 Å². The zero-order valence-electron chi connectivity index (χ0n) is 12.8. The quantitative estimate of drug-likeness (QED) is 0.671. The number of pyridine rings is 1. The van der Waals surface area contributed by atoms with Gasteiger partial charge in [-0.2, -0.15) is 0 Å². The summed E-state index contributed by atoms with van der Waals surface area (Å²) in [6, 6.07) is 12.3.